The second kappa shape index (κ2) is 6.69. The van der Waals surface area contributed by atoms with Crippen LogP contribution in [0.1, 0.15) is 28.8 Å². The van der Waals surface area contributed by atoms with E-state index in [9.17, 15) is 4.79 Å². The molecule has 1 saturated heterocycles. The molecular weight excluding hydrogens is 312 g/mol. The molecule has 1 aromatic carbocycles. The molecule has 0 aliphatic carbocycles. The van der Waals surface area contributed by atoms with Gasteiger partial charge in [-0.05, 0) is 24.5 Å². The molecule has 23 heavy (non-hydrogen) atoms. The highest BCUT2D eigenvalue weighted by Crippen LogP contribution is 2.36. The zero-order valence-electron chi connectivity index (χ0n) is 13.0. The molecule has 0 spiro atoms. The van der Waals surface area contributed by atoms with Gasteiger partial charge < -0.3 is 9.64 Å². The second-order valence-corrected chi connectivity index (χ2v) is 6.12. The molecule has 0 N–H and O–H groups in total. The number of carbonyl (C=O) groups is 1. The molecule has 1 aromatic heterocycles. The van der Waals surface area contributed by atoms with Crippen molar-refractivity contribution < 1.29 is 9.53 Å². The second-order valence-electron chi connectivity index (χ2n) is 5.71. The Labute approximate surface area is 141 Å². The maximum absolute atomic E-state index is 12.6. The monoisotopic (exact) mass is 330 g/mol. The van der Waals surface area contributed by atoms with Crippen LogP contribution in [0.5, 0.6) is 0 Å². The normalized spacial score (nSPS) is 17.0. The zero-order valence-corrected chi connectivity index (χ0v) is 13.8. The number of benzene rings is 1. The van der Waals surface area contributed by atoms with Crippen LogP contribution in [0.4, 0.5) is 0 Å². The summed E-state index contributed by atoms with van der Waals surface area (Å²) in [5.74, 6) is -0.0461. The molecule has 2 aromatic rings. The fourth-order valence-electron chi connectivity index (χ4n) is 3.14. The maximum Gasteiger partial charge on any atom is 0.255 e. The fraction of sp³-hybridized carbons (Fsp3) is 0.333. The first kappa shape index (κ1) is 16.0. The van der Waals surface area contributed by atoms with E-state index >= 15 is 0 Å². The van der Waals surface area contributed by atoms with Crippen LogP contribution in [-0.2, 0) is 10.3 Å². The van der Waals surface area contributed by atoms with E-state index in [2.05, 4.69) is 17.1 Å². The topological polar surface area (TPSA) is 42.4 Å². The molecule has 0 radical (unpaired) electrons. The van der Waals surface area contributed by atoms with Gasteiger partial charge in [0.15, 0.2) is 0 Å². The minimum atomic E-state index is -0.319. The number of amides is 1. The molecule has 5 heteroatoms. The van der Waals surface area contributed by atoms with E-state index in [1.54, 1.807) is 19.4 Å². The van der Waals surface area contributed by atoms with Crippen LogP contribution in [0.25, 0.3) is 0 Å². The number of likely N-dealkylation sites (tertiary alicyclic amines) is 1. The lowest BCUT2D eigenvalue weighted by atomic mass is 9.84. The summed E-state index contributed by atoms with van der Waals surface area (Å²) in [5.41, 5.74) is 1.35. The molecule has 2 heterocycles. The van der Waals surface area contributed by atoms with Crippen LogP contribution < -0.4 is 0 Å². The van der Waals surface area contributed by atoms with E-state index < -0.39 is 0 Å². The highest BCUT2D eigenvalue weighted by atomic mass is 35.5. The van der Waals surface area contributed by atoms with Crippen LogP contribution in [-0.4, -0.2) is 36.0 Å². The SMILES string of the molecule is COC1(c2ccccc2)CCN(C(=O)c2ccncc2Cl)CC1. The molecular formula is C18H19ClN2O2. The van der Waals surface area contributed by atoms with E-state index in [1.807, 2.05) is 23.1 Å². The summed E-state index contributed by atoms with van der Waals surface area (Å²) >= 11 is 6.08. The summed E-state index contributed by atoms with van der Waals surface area (Å²) in [7, 11) is 1.74. The summed E-state index contributed by atoms with van der Waals surface area (Å²) in [6.45, 7) is 1.28. The summed E-state index contributed by atoms with van der Waals surface area (Å²) in [6.07, 6.45) is 4.62. The molecule has 1 aliphatic heterocycles. The van der Waals surface area contributed by atoms with Gasteiger partial charge in [0.1, 0.15) is 0 Å². The number of hydrogen-bond acceptors (Lipinski definition) is 3. The third-order valence-electron chi connectivity index (χ3n) is 4.55. The number of aromatic nitrogens is 1. The number of piperidine rings is 1. The Bertz CT molecular complexity index is 682. The first-order valence-corrected chi connectivity index (χ1v) is 8.03. The van der Waals surface area contributed by atoms with E-state index in [4.69, 9.17) is 16.3 Å². The first-order valence-electron chi connectivity index (χ1n) is 7.66. The average molecular weight is 331 g/mol. The van der Waals surface area contributed by atoms with Gasteiger partial charge in [-0.3, -0.25) is 9.78 Å². The third kappa shape index (κ3) is 3.09. The van der Waals surface area contributed by atoms with E-state index in [0.29, 0.717) is 23.7 Å². The summed E-state index contributed by atoms with van der Waals surface area (Å²) in [4.78, 5) is 18.4. The standard InChI is InChI=1S/C18H19ClN2O2/c1-23-18(14-5-3-2-4-6-14)8-11-21(12-9-18)17(22)15-7-10-20-13-16(15)19/h2-7,10,13H,8-9,11-12H2,1H3. The van der Waals surface area contributed by atoms with Gasteiger partial charge in [-0.15, -0.1) is 0 Å². The van der Waals surface area contributed by atoms with Gasteiger partial charge >= 0.3 is 0 Å². The molecule has 1 amide bonds. The lowest BCUT2D eigenvalue weighted by Gasteiger charge is -2.41. The fourth-order valence-corrected chi connectivity index (χ4v) is 3.34. The first-order chi connectivity index (χ1) is 11.2. The summed E-state index contributed by atoms with van der Waals surface area (Å²) in [6, 6.07) is 11.9. The highest BCUT2D eigenvalue weighted by Gasteiger charge is 2.37. The summed E-state index contributed by atoms with van der Waals surface area (Å²) < 4.78 is 5.85. The quantitative estimate of drug-likeness (QED) is 0.864. The molecule has 3 rings (SSSR count). The molecule has 0 unspecified atom stereocenters. The average Bonchev–Trinajstić information content (AvgIpc) is 2.62. The molecule has 0 saturated carbocycles. The van der Waals surface area contributed by atoms with Crippen LogP contribution in [0.3, 0.4) is 0 Å². The van der Waals surface area contributed by atoms with Gasteiger partial charge in [0.05, 0.1) is 16.2 Å². The molecule has 0 atom stereocenters. The number of halogens is 1. The minimum Gasteiger partial charge on any atom is -0.373 e. The van der Waals surface area contributed by atoms with E-state index in [0.717, 1.165) is 18.4 Å². The number of ether oxygens (including phenoxy) is 1. The van der Waals surface area contributed by atoms with E-state index in [1.165, 1.54) is 6.20 Å². The van der Waals surface area contributed by atoms with Crippen molar-refractivity contribution in [3.63, 3.8) is 0 Å². The number of rotatable bonds is 3. The van der Waals surface area contributed by atoms with Crippen LogP contribution in [0.2, 0.25) is 5.02 Å². The van der Waals surface area contributed by atoms with Gasteiger partial charge in [-0.25, -0.2) is 0 Å². The van der Waals surface area contributed by atoms with Gasteiger partial charge in [0.2, 0.25) is 0 Å². The van der Waals surface area contributed by atoms with Crippen LogP contribution >= 0.6 is 11.6 Å². The number of nitrogens with zero attached hydrogens (tertiary/aromatic N) is 2. The molecule has 1 aliphatic rings. The van der Waals surface area contributed by atoms with Crippen molar-refractivity contribution in [1.29, 1.82) is 0 Å². The van der Waals surface area contributed by atoms with Crippen molar-refractivity contribution >= 4 is 17.5 Å². The Morgan fingerprint density at radius 1 is 1.22 bits per heavy atom. The van der Waals surface area contributed by atoms with Gasteiger partial charge in [0.25, 0.3) is 5.91 Å². The lowest BCUT2D eigenvalue weighted by molar-refractivity contribution is -0.0574. The number of pyridine rings is 1. The predicted molar refractivity (Wildman–Crippen MR) is 89.5 cm³/mol. The van der Waals surface area contributed by atoms with Crippen molar-refractivity contribution in [1.82, 2.24) is 9.88 Å². The molecule has 1 fully saturated rings. The number of methoxy groups -OCH3 is 1. The van der Waals surface area contributed by atoms with Gasteiger partial charge in [0, 0.05) is 32.6 Å². The molecule has 4 nitrogen and oxygen atoms in total. The van der Waals surface area contributed by atoms with Gasteiger partial charge in [-0.2, -0.15) is 0 Å². The largest absolute Gasteiger partial charge is 0.373 e. The van der Waals surface area contributed by atoms with E-state index in [-0.39, 0.29) is 11.5 Å². The zero-order chi connectivity index (χ0) is 16.3. The Morgan fingerprint density at radius 2 is 1.91 bits per heavy atom. The Morgan fingerprint density at radius 3 is 2.52 bits per heavy atom. The third-order valence-corrected chi connectivity index (χ3v) is 4.85. The maximum atomic E-state index is 12.6. The predicted octanol–water partition coefficient (Wildman–Crippen LogP) is 3.51. The highest BCUT2D eigenvalue weighted by molar-refractivity contribution is 6.33. The minimum absolute atomic E-state index is 0.0461. The van der Waals surface area contributed by atoms with Crippen molar-refractivity contribution in [2.75, 3.05) is 20.2 Å². The molecule has 120 valence electrons. The van der Waals surface area contributed by atoms with Crippen molar-refractivity contribution in [2.45, 2.75) is 18.4 Å². The van der Waals surface area contributed by atoms with Gasteiger partial charge in [-0.1, -0.05) is 41.9 Å². The Kier molecular flexibility index (Phi) is 4.64. The lowest BCUT2D eigenvalue weighted by Crippen LogP contribution is -2.46. The van der Waals surface area contributed by atoms with Crippen molar-refractivity contribution in [2.24, 2.45) is 0 Å². The Hall–Kier alpha value is -1.91. The van der Waals surface area contributed by atoms with Crippen LogP contribution in [0.15, 0.2) is 48.8 Å². The number of carbonyl (C=O) groups excluding carboxylic acids is 1. The van der Waals surface area contributed by atoms with Crippen LogP contribution in [0, 0.1) is 0 Å². The van der Waals surface area contributed by atoms with Crippen molar-refractivity contribution in [3.05, 3.63) is 64.9 Å². The Balaban J connectivity index is 1.75. The number of hydrogen-bond donors (Lipinski definition) is 0. The summed E-state index contributed by atoms with van der Waals surface area (Å²) in [5, 5.41) is 0.393. The van der Waals surface area contributed by atoms with Crippen molar-refractivity contribution in [3.8, 4) is 0 Å². The smallest absolute Gasteiger partial charge is 0.255 e. The molecule has 0 bridgehead atoms.